The van der Waals surface area contributed by atoms with Gasteiger partial charge in [0, 0.05) is 19.1 Å². The van der Waals surface area contributed by atoms with Gasteiger partial charge >= 0.3 is 0 Å². The Morgan fingerprint density at radius 3 is 3.17 bits per heavy atom. The molecule has 1 rings (SSSR count). The highest BCUT2D eigenvalue weighted by atomic mass is 16.5. The third-order valence-corrected chi connectivity index (χ3v) is 2.06. The van der Waals surface area contributed by atoms with Crippen molar-refractivity contribution in [2.45, 2.75) is 31.7 Å². The average molecular weight is 168 g/mol. The Labute approximate surface area is 73.7 Å². The largest absolute Gasteiger partial charge is 0.380 e. The smallest absolute Gasteiger partial charge is 0.0622 e. The molecule has 1 unspecified atom stereocenters. The van der Waals surface area contributed by atoms with E-state index in [4.69, 9.17) is 10.00 Å². The fraction of sp³-hybridized carbons (Fsp3) is 0.889. The molecule has 0 aromatic heterocycles. The zero-order chi connectivity index (χ0) is 8.65. The summed E-state index contributed by atoms with van der Waals surface area (Å²) in [4.78, 5) is 0. The standard InChI is InChI=1S/C9H16N2O/c10-5-1-2-7-12-8-9-4-3-6-11-9/h9,11H,1-4,6-8H2. The molecule has 1 aliphatic heterocycles. The van der Waals surface area contributed by atoms with Gasteiger partial charge in [-0.1, -0.05) is 0 Å². The normalized spacial score (nSPS) is 22.4. The van der Waals surface area contributed by atoms with E-state index in [2.05, 4.69) is 11.4 Å². The summed E-state index contributed by atoms with van der Waals surface area (Å²) >= 11 is 0. The molecular formula is C9H16N2O. The van der Waals surface area contributed by atoms with Crippen LogP contribution in [-0.4, -0.2) is 25.8 Å². The summed E-state index contributed by atoms with van der Waals surface area (Å²) in [5.41, 5.74) is 0. The predicted octanol–water partition coefficient (Wildman–Crippen LogP) is 1.06. The molecule has 0 saturated carbocycles. The summed E-state index contributed by atoms with van der Waals surface area (Å²) in [5, 5.41) is 11.6. The topological polar surface area (TPSA) is 45.0 Å². The minimum Gasteiger partial charge on any atom is -0.380 e. The van der Waals surface area contributed by atoms with Crippen LogP contribution in [0.25, 0.3) is 0 Å². The number of nitrogens with one attached hydrogen (secondary N) is 1. The van der Waals surface area contributed by atoms with Crippen LogP contribution in [-0.2, 0) is 4.74 Å². The van der Waals surface area contributed by atoms with Crippen molar-refractivity contribution in [1.82, 2.24) is 5.32 Å². The Balaban J connectivity index is 1.85. The molecule has 1 aliphatic rings. The van der Waals surface area contributed by atoms with E-state index >= 15 is 0 Å². The lowest BCUT2D eigenvalue weighted by atomic mass is 10.2. The minimum atomic E-state index is 0.562. The van der Waals surface area contributed by atoms with Crippen LogP contribution in [0.3, 0.4) is 0 Å². The molecule has 0 spiro atoms. The van der Waals surface area contributed by atoms with Gasteiger partial charge in [0.25, 0.3) is 0 Å². The number of unbranched alkanes of at least 4 members (excludes halogenated alkanes) is 1. The summed E-state index contributed by atoms with van der Waals surface area (Å²) in [6.45, 7) is 2.67. The Bertz CT molecular complexity index is 147. The zero-order valence-corrected chi connectivity index (χ0v) is 7.38. The lowest BCUT2D eigenvalue weighted by Crippen LogP contribution is -2.26. The van der Waals surface area contributed by atoms with Crippen molar-refractivity contribution in [2.75, 3.05) is 19.8 Å². The molecule has 1 fully saturated rings. The van der Waals surface area contributed by atoms with Gasteiger partial charge in [-0.3, -0.25) is 0 Å². The molecule has 1 heterocycles. The van der Waals surface area contributed by atoms with E-state index in [0.29, 0.717) is 12.5 Å². The maximum Gasteiger partial charge on any atom is 0.0622 e. The van der Waals surface area contributed by atoms with Gasteiger partial charge in [0.2, 0.25) is 0 Å². The first-order valence-corrected chi connectivity index (χ1v) is 4.61. The second kappa shape index (κ2) is 5.99. The van der Waals surface area contributed by atoms with Crippen LogP contribution in [0.1, 0.15) is 25.7 Å². The van der Waals surface area contributed by atoms with Crippen molar-refractivity contribution in [3.05, 3.63) is 0 Å². The highest BCUT2D eigenvalue weighted by Gasteiger charge is 2.12. The lowest BCUT2D eigenvalue weighted by Gasteiger charge is -2.09. The van der Waals surface area contributed by atoms with Gasteiger partial charge in [-0.15, -0.1) is 0 Å². The van der Waals surface area contributed by atoms with Gasteiger partial charge in [-0.05, 0) is 25.8 Å². The van der Waals surface area contributed by atoms with Crippen LogP contribution in [0.2, 0.25) is 0 Å². The van der Waals surface area contributed by atoms with Gasteiger partial charge in [0.05, 0.1) is 12.7 Å². The second-order valence-electron chi connectivity index (χ2n) is 3.13. The highest BCUT2D eigenvalue weighted by Crippen LogP contribution is 2.04. The van der Waals surface area contributed by atoms with Crippen LogP contribution in [0.4, 0.5) is 0 Å². The number of hydrogen-bond donors (Lipinski definition) is 1. The maximum atomic E-state index is 8.26. The highest BCUT2D eigenvalue weighted by molar-refractivity contribution is 4.73. The van der Waals surface area contributed by atoms with Gasteiger partial charge < -0.3 is 10.1 Å². The van der Waals surface area contributed by atoms with Gasteiger partial charge in [-0.25, -0.2) is 0 Å². The van der Waals surface area contributed by atoms with E-state index in [1.807, 2.05) is 0 Å². The fourth-order valence-corrected chi connectivity index (χ4v) is 1.38. The molecule has 1 saturated heterocycles. The Kier molecular flexibility index (Phi) is 4.74. The van der Waals surface area contributed by atoms with Crippen LogP contribution < -0.4 is 5.32 Å². The first-order valence-electron chi connectivity index (χ1n) is 4.61. The van der Waals surface area contributed by atoms with E-state index in [1.165, 1.54) is 12.8 Å². The maximum absolute atomic E-state index is 8.26. The predicted molar refractivity (Wildman–Crippen MR) is 46.7 cm³/mol. The molecule has 0 bridgehead atoms. The van der Waals surface area contributed by atoms with E-state index in [0.717, 1.165) is 26.2 Å². The van der Waals surface area contributed by atoms with E-state index in [-0.39, 0.29) is 0 Å². The Morgan fingerprint density at radius 2 is 2.50 bits per heavy atom. The molecule has 3 heteroatoms. The monoisotopic (exact) mass is 168 g/mol. The molecular weight excluding hydrogens is 152 g/mol. The summed E-state index contributed by atoms with van der Waals surface area (Å²) < 4.78 is 5.41. The SMILES string of the molecule is N#CCCCOCC1CCCN1. The van der Waals surface area contributed by atoms with Crippen molar-refractivity contribution >= 4 is 0 Å². The lowest BCUT2D eigenvalue weighted by molar-refractivity contribution is 0.115. The number of ether oxygens (including phenoxy) is 1. The zero-order valence-electron chi connectivity index (χ0n) is 7.38. The molecule has 0 radical (unpaired) electrons. The average Bonchev–Trinajstić information content (AvgIpc) is 2.57. The van der Waals surface area contributed by atoms with E-state index < -0.39 is 0 Å². The Hall–Kier alpha value is -0.590. The van der Waals surface area contributed by atoms with Crippen molar-refractivity contribution in [1.29, 1.82) is 5.26 Å². The van der Waals surface area contributed by atoms with Crippen molar-refractivity contribution in [3.63, 3.8) is 0 Å². The van der Waals surface area contributed by atoms with Crippen molar-refractivity contribution in [2.24, 2.45) is 0 Å². The fourth-order valence-electron chi connectivity index (χ4n) is 1.38. The molecule has 1 N–H and O–H groups in total. The van der Waals surface area contributed by atoms with Crippen molar-refractivity contribution in [3.8, 4) is 6.07 Å². The van der Waals surface area contributed by atoms with Crippen LogP contribution in [0.5, 0.6) is 0 Å². The van der Waals surface area contributed by atoms with E-state index in [9.17, 15) is 0 Å². The van der Waals surface area contributed by atoms with Crippen LogP contribution >= 0.6 is 0 Å². The molecule has 68 valence electrons. The molecule has 0 aliphatic carbocycles. The van der Waals surface area contributed by atoms with E-state index in [1.54, 1.807) is 0 Å². The summed E-state index contributed by atoms with van der Waals surface area (Å²) in [5.74, 6) is 0. The minimum absolute atomic E-state index is 0.562. The summed E-state index contributed by atoms with van der Waals surface area (Å²) in [6.07, 6.45) is 3.98. The van der Waals surface area contributed by atoms with Gasteiger partial charge in [-0.2, -0.15) is 5.26 Å². The summed E-state index contributed by atoms with van der Waals surface area (Å²) in [6, 6.07) is 2.66. The number of hydrogen-bond acceptors (Lipinski definition) is 3. The molecule has 0 amide bonds. The second-order valence-corrected chi connectivity index (χ2v) is 3.13. The van der Waals surface area contributed by atoms with Gasteiger partial charge in [0.15, 0.2) is 0 Å². The molecule has 3 nitrogen and oxygen atoms in total. The van der Waals surface area contributed by atoms with Gasteiger partial charge in [0.1, 0.15) is 0 Å². The quantitative estimate of drug-likeness (QED) is 0.624. The van der Waals surface area contributed by atoms with Crippen LogP contribution in [0.15, 0.2) is 0 Å². The summed E-state index contributed by atoms with van der Waals surface area (Å²) in [7, 11) is 0. The number of nitrogens with zero attached hydrogens (tertiary/aromatic N) is 1. The first kappa shape index (κ1) is 9.50. The third-order valence-electron chi connectivity index (χ3n) is 2.06. The Morgan fingerprint density at radius 1 is 1.58 bits per heavy atom. The molecule has 0 aromatic rings. The molecule has 0 aromatic carbocycles. The number of rotatable bonds is 5. The third kappa shape index (κ3) is 3.70. The van der Waals surface area contributed by atoms with Crippen LogP contribution in [0, 0.1) is 11.3 Å². The number of nitriles is 1. The molecule has 12 heavy (non-hydrogen) atoms. The van der Waals surface area contributed by atoms with Crippen molar-refractivity contribution < 1.29 is 4.74 Å². The first-order chi connectivity index (χ1) is 5.93. The molecule has 1 atom stereocenters.